The lowest BCUT2D eigenvalue weighted by Gasteiger charge is -2.22. The van der Waals surface area contributed by atoms with Gasteiger partial charge in [0.25, 0.3) is 0 Å². The molecule has 19 heavy (non-hydrogen) atoms. The van der Waals surface area contributed by atoms with Crippen LogP contribution in [0.2, 0.25) is 0 Å². The SMILES string of the molecule is CCCC(C)(N)C(=O)c1ccc(F)c(C(F)(F)F)c1. The molecular formula is C13H15F4NO. The van der Waals surface area contributed by atoms with E-state index in [-0.39, 0.29) is 5.56 Å². The zero-order valence-corrected chi connectivity index (χ0v) is 10.6. The van der Waals surface area contributed by atoms with Gasteiger partial charge in [-0.15, -0.1) is 0 Å². The van der Waals surface area contributed by atoms with Crippen LogP contribution in [0.25, 0.3) is 0 Å². The maximum atomic E-state index is 13.1. The highest BCUT2D eigenvalue weighted by Gasteiger charge is 2.36. The Hall–Kier alpha value is -1.43. The number of rotatable bonds is 4. The van der Waals surface area contributed by atoms with E-state index in [1.807, 2.05) is 6.92 Å². The summed E-state index contributed by atoms with van der Waals surface area (Å²) in [7, 11) is 0. The largest absolute Gasteiger partial charge is 0.419 e. The van der Waals surface area contributed by atoms with Gasteiger partial charge >= 0.3 is 6.18 Å². The second-order valence-electron chi connectivity index (χ2n) is 4.69. The van der Waals surface area contributed by atoms with Crippen molar-refractivity contribution in [1.82, 2.24) is 0 Å². The van der Waals surface area contributed by atoms with E-state index in [0.717, 1.165) is 6.07 Å². The van der Waals surface area contributed by atoms with Crippen LogP contribution in [0.5, 0.6) is 0 Å². The van der Waals surface area contributed by atoms with Gasteiger partial charge in [-0.3, -0.25) is 4.79 Å². The number of carbonyl (C=O) groups is 1. The molecule has 0 heterocycles. The fourth-order valence-corrected chi connectivity index (χ4v) is 1.85. The van der Waals surface area contributed by atoms with Crippen molar-refractivity contribution < 1.29 is 22.4 Å². The molecule has 2 nitrogen and oxygen atoms in total. The quantitative estimate of drug-likeness (QED) is 0.675. The first-order valence-electron chi connectivity index (χ1n) is 5.80. The maximum Gasteiger partial charge on any atom is 0.419 e. The minimum atomic E-state index is -4.84. The molecule has 0 aliphatic rings. The summed E-state index contributed by atoms with van der Waals surface area (Å²) in [4.78, 5) is 12.0. The van der Waals surface area contributed by atoms with E-state index in [1.54, 1.807) is 0 Å². The maximum absolute atomic E-state index is 13.1. The van der Waals surface area contributed by atoms with Crippen LogP contribution in [0.1, 0.15) is 42.6 Å². The van der Waals surface area contributed by atoms with Crippen molar-refractivity contribution in [3.8, 4) is 0 Å². The summed E-state index contributed by atoms with van der Waals surface area (Å²) in [6.45, 7) is 3.26. The van der Waals surface area contributed by atoms with Crippen LogP contribution in [-0.2, 0) is 6.18 Å². The third kappa shape index (κ3) is 3.53. The Morgan fingerprint density at radius 1 is 1.32 bits per heavy atom. The van der Waals surface area contributed by atoms with Gasteiger partial charge in [-0.2, -0.15) is 13.2 Å². The minimum absolute atomic E-state index is 0.229. The first kappa shape index (κ1) is 15.6. The van der Waals surface area contributed by atoms with Crippen molar-refractivity contribution in [3.05, 3.63) is 35.1 Å². The summed E-state index contributed by atoms with van der Waals surface area (Å²) in [5, 5.41) is 0. The molecule has 1 aromatic carbocycles. The molecular weight excluding hydrogens is 262 g/mol. The molecule has 0 amide bonds. The summed E-state index contributed by atoms with van der Waals surface area (Å²) in [5.74, 6) is -2.03. The molecule has 1 unspecified atom stereocenters. The lowest BCUT2D eigenvalue weighted by atomic mass is 9.87. The first-order chi connectivity index (χ1) is 8.59. The van der Waals surface area contributed by atoms with Crippen molar-refractivity contribution in [2.45, 2.75) is 38.4 Å². The molecule has 1 rings (SSSR count). The molecule has 0 radical (unpaired) electrons. The van der Waals surface area contributed by atoms with E-state index in [9.17, 15) is 22.4 Å². The van der Waals surface area contributed by atoms with E-state index < -0.39 is 28.9 Å². The molecule has 0 spiro atoms. The van der Waals surface area contributed by atoms with Gasteiger partial charge in [-0.05, 0) is 31.5 Å². The lowest BCUT2D eigenvalue weighted by molar-refractivity contribution is -0.140. The lowest BCUT2D eigenvalue weighted by Crippen LogP contribution is -2.44. The van der Waals surface area contributed by atoms with Crippen LogP contribution in [0.4, 0.5) is 17.6 Å². The third-order valence-electron chi connectivity index (χ3n) is 2.82. The summed E-state index contributed by atoms with van der Waals surface area (Å²) < 4.78 is 50.8. The summed E-state index contributed by atoms with van der Waals surface area (Å²) in [6, 6.07) is 2.17. The fraction of sp³-hybridized carbons (Fsp3) is 0.462. The van der Waals surface area contributed by atoms with Crippen molar-refractivity contribution in [2.24, 2.45) is 5.73 Å². The Kier molecular flexibility index (Phi) is 4.35. The predicted octanol–water partition coefficient (Wildman–Crippen LogP) is 3.54. The standard InChI is InChI=1S/C13H15F4NO/c1-3-6-12(2,18)11(19)8-4-5-10(14)9(7-8)13(15,16)17/h4-5,7H,3,6,18H2,1-2H3. The number of carbonyl (C=O) groups excluding carboxylic acids is 1. The van der Waals surface area contributed by atoms with E-state index in [1.165, 1.54) is 6.92 Å². The third-order valence-corrected chi connectivity index (χ3v) is 2.82. The van der Waals surface area contributed by atoms with E-state index in [4.69, 9.17) is 5.73 Å². The molecule has 6 heteroatoms. The number of hydrogen-bond acceptors (Lipinski definition) is 2. The molecule has 0 aliphatic carbocycles. The van der Waals surface area contributed by atoms with Crippen molar-refractivity contribution in [1.29, 1.82) is 0 Å². The molecule has 2 N–H and O–H groups in total. The molecule has 0 aromatic heterocycles. The van der Waals surface area contributed by atoms with Gasteiger partial charge in [-0.25, -0.2) is 4.39 Å². The van der Waals surface area contributed by atoms with Gasteiger partial charge in [-0.1, -0.05) is 13.3 Å². The molecule has 0 bridgehead atoms. The van der Waals surface area contributed by atoms with E-state index in [0.29, 0.717) is 25.0 Å². The van der Waals surface area contributed by atoms with Crippen LogP contribution < -0.4 is 5.73 Å². The van der Waals surface area contributed by atoms with Gasteiger partial charge < -0.3 is 5.73 Å². The Balaban J connectivity index is 3.20. The second-order valence-corrected chi connectivity index (χ2v) is 4.69. The van der Waals surface area contributed by atoms with Gasteiger partial charge in [0.15, 0.2) is 5.78 Å². The topological polar surface area (TPSA) is 43.1 Å². The minimum Gasteiger partial charge on any atom is -0.319 e. The van der Waals surface area contributed by atoms with Crippen LogP contribution >= 0.6 is 0 Å². The summed E-state index contributed by atoms with van der Waals surface area (Å²) in [6.07, 6.45) is -3.88. The number of alkyl halides is 3. The average Bonchev–Trinajstić information content (AvgIpc) is 2.27. The Bertz CT molecular complexity index is 480. The number of ketones is 1. The second kappa shape index (κ2) is 5.28. The number of nitrogens with two attached hydrogens (primary N) is 1. The molecule has 106 valence electrons. The highest BCUT2D eigenvalue weighted by atomic mass is 19.4. The van der Waals surface area contributed by atoms with Gasteiger partial charge in [0.05, 0.1) is 11.1 Å². The number of halogens is 4. The fourth-order valence-electron chi connectivity index (χ4n) is 1.85. The van der Waals surface area contributed by atoms with Crippen molar-refractivity contribution in [2.75, 3.05) is 0 Å². The molecule has 0 saturated carbocycles. The number of benzene rings is 1. The number of Topliss-reactive ketones (excluding diaryl/α,β-unsaturated/α-hetero) is 1. The zero-order chi connectivity index (χ0) is 14.8. The monoisotopic (exact) mass is 277 g/mol. The van der Waals surface area contributed by atoms with Crippen LogP contribution in [-0.4, -0.2) is 11.3 Å². The summed E-state index contributed by atoms with van der Waals surface area (Å²) in [5.41, 5.74) is 2.84. The molecule has 1 aromatic rings. The van der Waals surface area contributed by atoms with E-state index in [2.05, 4.69) is 0 Å². The summed E-state index contributed by atoms with van der Waals surface area (Å²) >= 11 is 0. The van der Waals surface area contributed by atoms with Crippen LogP contribution in [0.3, 0.4) is 0 Å². The van der Waals surface area contributed by atoms with Gasteiger partial charge in [0.1, 0.15) is 5.82 Å². The molecule has 1 atom stereocenters. The van der Waals surface area contributed by atoms with Gasteiger partial charge in [0, 0.05) is 5.56 Å². The van der Waals surface area contributed by atoms with Crippen molar-refractivity contribution >= 4 is 5.78 Å². The average molecular weight is 277 g/mol. The Labute approximate surface area is 108 Å². The highest BCUT2D eigenvalue weighted by Crippen LogP contribution is 2.32. The first-order valence-corrected chi connectivity index (χ1v) is 5.80. The highest BCUT2D eigenvalue weighted by molar-refractivity contribution is 6.02. The van der Waals surface area contributed by atoms with Gasteiger partial charge in [0.2, 0.25) is 0 Å². The van der Waals surface area contributed by atoms with Crippen molar-refractivity contribution in [3.63, 3.8) is 0 Å². The van der Waals surface area contributed by atoms with Crippen LogP contribution in [0, 0.1) is 5.82 Å². The smallest absolute Gasteiger partial charge is 0.319 e. The predicted molar refractivity (Wildman–Crippen MR) is 63.2 cm³/mol. The molecule has 0 aliphatic heterocycles. The molecule has 0 fully saturated rings. The Morgan fingerprint density at radius 3 is 2.37 bits per heavy atom. The zero-order valence-electron chi connectivity index (χ0n) is 10.6. The van der Waals surface area contributed by atoms with E-state index >= 15 is 0 Å². The Morgan fingerprint density at radius 2 is 1.89 bits per heavy atom. The van der Waals surface area contributed by atoms with Crippen LogP contribution in [0.15, 0.2) is 18.2 Å². The number of hydrogen-bond donors (Lipinski definition) is 1. The molecule has 0 saturated heterocycles. The normalized spacial score (nSPS) is 15.1.